The zero-order valence-electron chi connectivity index (χ0n) is 12.8. The fourth-order valence-corrected chi connectivity index (χ4v) is 1.34. The second kappa shape index (κ2) is 13.8. The second-order valence-electron chi connectivity index (χ2n) is 3.48. The Morgan fingerprint density at radius 2 is 1.56 bits per heavy atom. The van der Waals surface area contributed by atoms with Crippen LogP contribution in [-0.4, -0.2) is 5.91 Å². The van der Waals surface area contributed by atoms with Crippen LogP contribution in [0.4, 0.5) is 5.69 Å². The van der Waals surface area contributed by atoms with Gasteiger partial charge < -0.3 is 5.32 Å². The van der Waals surface area contributed by atoms with Crippen LogP contribution in [0, 0.1) is 0 Å². The first-order valence-electron chi connectivity index (χ1n) is 7.09. The minimum absolute atomic E-state index is 0.0219. The lowest BCUT2D eigenvalue weighted by Gasteiger charge is -2.03. The highest BCUT2D eigenvalue weighted by molar-refractivity contribution is 5.88. The molecule has 0 spiro atoms. The molecule has 1 N–H and O–H groups in total. The molecule has 0 aromatic heterocycles. The first kappa shape index (κ1) is 19.0. The zero-order chi connectivity index (χ0) is 14.4. The minimum atomic E-state index is -0.0219. The monoisotopic (exact) mass is 251 g/mol. The molecule has 1 rings (SSSR count). The number of rotatable bonds is 4. The van der Waals surface area contributed by atoms with Crippen molar-refractivity contribution < 1.29 is 4.79 Å². The standard InChI is InChI=1S/C12H17NO.2C2H6/c1-3-4-5-11-6-8-12(9-7-11)13-10(2)14;2*1-2/h6-9H,3-5H2,1-2H3,(H,13,14);2*1-2H3. The number of aryl methyl sites for hydroxylation is 1. The van der Waals surface area contributed by atoms with Crippen molar-refractivity contribution in [2.75, 3.05) is 5.32 Å². The van der Waals surface area contributed by atoms with Crippen molar-refractivity contribution in [3.63, 3.8) is 0 Å². The Balaban J connectivity index is 0. The Hall–Kier alpha value is -1.31. The Bertz CT molecular complexity index is 290. The molecule has 18 heavy (non-hydrogen) atoms. The Morgan fingerprint density at radius 1 is 1.06 bits per heavy atom. The summed E-state index contributed by atoms with van der Waals surface area (Å²) in [5, 5.41) is 2.75. The van der Waals surface area contributed by atoms with Gasteiger partial charge in [-0.25, -0.2) is 0 Å². The molecule has 0 atom stereocenters. The molecule has 0 heterocycles. The molecule has 0 aliphatic rings. The van der Waals surface area contributed by atoms with E-state index in [2.05, 4.69) is 24.4 Å². The lowest BCUT2D eigenvalue weighted by Crippen LogP contribution is -2.05. The van der Waals surface area contributed by atoms with Gasteiger partial charge in [0.15, 0.2) is 0 Å². The lowest BCUT2D eigenvalue weighted by molar-refractivity contribution is -0.114. The molecule has 2 nitrogen and oxygen atoms in total. The molecule has 0 saturated heterocycles. The van der Waals surface area contributed by atoms with E-state index in [9.17, 15) is 4.79 Å². The quantitative estimate of drug-likeness (QED) is 0.798. The highest BCUT2D eigenvalue weighted by atomic mass is 16.1. The van der Waals surface area contributed by atoms with Crippen LogP contribution >= 0.6 is 0 Å². The molecule has 2 heteroatoms. The van der Waals surface area contributed by atoms with Crippen molar-refractivity contribution in [1.29, 1.82) is 0 Å². The molecule has 1 aromatic carbocycles. The molecule has 0 radical (unpaired) electrons. The maximum absolute atomic E-state index is 10.8. The molecule has 0 bridgehead atoms. The number of carbonyl (C=O) groups is 1. The molecule has 0 fully saturated rings. The normalized spacial score (nSPS) is 8.33. The summed E-state index contributed by atoms with van der Waals surface area (Å²) in [6.07, 6.45) is 3.56. The van der Waals surface area contributed by atoms with E-state index in [0.29, 0.717) is 0 Å². The van der Waals surface area contributed by atoms with Crippen LogP contribution in [0.15, 0.2) is 24.3 Å². The van der Waals surface area contributed by atoms with Gasteiger partial charge in [0, 0.05) is 12.6 Å². The SMILES string of the molecule is CC.CC.CCCCc1ccc(NC(C)=O)cc1. The molecule has 0 aliphatic carbocycles. The van der Waals surface area contributed by atoms with E-state index in [1.807, 2.05) is 39.8 Å². The molecular formula is C16H29NO. The number of amides is 1. The van der Waals surface area contributed by atoms with Crippen LogP contribution in [-0.2, 0) is 11.2 Å². The fourth-order valence-electron chi connectivity index (χ4n) is 1.34. The van der Waals surface area contributed by atoms with Gasteiger partial charge in [0.1, 0.15) is 0 Å². The zero-order valence-corrected chi connectivity index (χ0v) is 12.8. The summed E-state index contributed by atoms with van der Waals surface area (Å²) in [4.78, 5) is 10.8. The van der Waals surface area contributed by atoms with E-state index < -0.39 is 0 Å². The summed E-state index contributed by atoms with van der Waals surface area (Å²) in [6.45, 7) is 11.7. The molecule has 0 unspecified atom stereocenters. The van der Waals surface area contributed by atoms with Gasteiger partial charge in [0.25, 0.3) is 0 Å². The van der Waals surface area contributed by atoms with Crippen LogP contribution < -0.4 is 5.32 Å². The van der Waals surface area contributed by atoms with E-state index >= 15 is 0 Å². The second-order valence-corrected chi connectivity index (χ2v) is 3.48. The third kappa shape index (κ3) is 9.88. The van der Waals surface area contributed by atoms with Crippen molar-refractivity contribution >= 4 is 11.6 Å². The van der Waals surface area contributed by atoms with Gasteiger partial charge in [-0.1, -0.05) is 53.2 Å². The average molecular weight is 251 g/mol. The van der Waals surface area contributed by atoms with Crippen molar-refractivity contribution in [2.24, 2.45) is 0 Å². The van der Waals surface area contributed by atoms with E-state index in [4.69, 9.17) is 0 Å². The van der Waals surface area contributed by atoms with Gasteiger partial charge in [-0.3, -0.25) is 4.79 Å². The highest BCUT2D eigenvalue weighted by Gasteiger charge is 1.95. The first-order chi connectivity index (χ1) is 8.72. The molecule has 104 valence electrons. The van der Waals surface area contributed by atoms with E-state index in [1.54, 1.807) is 0 Å². The van der Waals surface area contributed by atoms with Gasteiger partial charge in [0.05, 0.1) is 0 Å². The number of nitrogens with one attached hydrogen (secondary N) is 1. The molecule has 1 amide bonds. The number of benzene rings is 1. The fraction of sp³-hybridized carbons (Fsp3) is 0.562. The largest absolute Gasteiger partial charge is 0.326 e. The van der Waals surface area contributed by atoms with Crippen LogP contribution in [0.2, 0.25) is 0 Å². The van der Waals surface area contributed by atoms with Crippen molar-refractivity contribution in [3.05, 3.63) is 29.8 Å². The summed E-state index contributed by atoms with van der Waals surface area (Å²) in [5.74, 6) is -0.0219. The van der Waals surface area contributed by atoms with Crippen LogP contribution in [0.25, 0.3) is 0 Å². The molecule has 1 aromatic rings. The third-order valence-electron chi connectivity index (χ3n) is 2.09. The Labute approximate surface area is 113 Å². The lowest BCUT2D eigenvalue weighted by atomic mass is 10.1. The maximum Gasteiger partial charge on any atom is 0.221 e. The van der Waals surface area contributed by atoms with E-state index in [-0.39, 0.29) is 5.91 Å². The van der Waals surface area contributed by atoms with Crippen molar-refractivity contribution in [2.45, 2.75) is 60.8 Å². The van der Waals surface area contributed by atoms with Crippen molar-refractivity contribution in [3.8, 4) is 0 Å². The summed E-state index contributed by atoms with van der Waals surface area (Å²) in [7, 11) is 0. The van der Waals surface area contributed by atoms with E-state index in [0.717, 1.165) is 12.1 Å². The molecular weight excluding hydrogens is 222 g/mol. The smallest absolute Gasteiger partial charge is 0.221 e. The topological polar surface area (TPSA) is 29.1 Å². The van der Waals surface area contributed by atoms with Gasteiger partial charge in [-0.15, -0.1) is 0 Å². The summed E-state index contributed by atoms with van der Waals surface area (Å²) in [6, 6.07) is 8.04. The van der Waals surface area contributed by atoms with Gasteiger partial charge in [-0.05, 0) is 30.5 Å². The summed E-state index contributed by atoms with van der Waals surface area (Å²) in [5.41, 5.74) is 2.21. The maximum atomic E-state index is 10.8. The van der Waals surface area contributed by atoms with Crippen LogP contribution in [0.3, 0.4) is 0 Å². The summed E-state index contributed by atoms with van der Waals surface area (Å²) >= 11 is 0. The molecule has 0 aliphatic heterocycles. The Kier molecular flexibility index (Phi) is 14.5. The first-order valence-corrected chi connectivity index (χ1v) is 7.09. The van der Waals surface area contributed by atoms with E-state index in [1.165, 1.54) is 25.3 Å². The number of anilines is 1. The highest BCUT2D eigenvalue weighted by Crippen LogP contribution is 2.11. The van der Waals surface area contributed by atoms with Gasteiger partial charge in [-0.2, -0.15) is 0 Å². The number of hydrogen-bond donors (Lipinski definition) is 1. The minimum Gasteiger partial charge on any atom is -0.326 e. The van der Waals surface area contributed by atoms with Crippen LogP contribution in [0.5, 0.6) is 0 Å². The third-order valence-corrected chi connectivity index (χ3v) is 2.09. The number of hydrogen-bond acceptors (Lipinski definition) is 1. The van der Waals surface area contributed by atoms with Gasteiger partial charge in [0.2, 0.25) is 5.91 Å². The predicted molar refractivity (Wildman–Crippen MR) is 82.1 cm³/mol. The Morgan fingerprint density at radius 3 is 1.94 bits per heavy atom. The number of unbranched alkanes of at least 4 members (excludes halogenated alkanes) is 1. The average Bonchev–Trinajstić information content (AvgIpc) is 2.42. The van der Waals surface area contributed by atoms with Crippen molar-refractivity contribution in [1.82, 2.24) is 0 Å². The van der Waals surface area contributed by atoms with Gasteiger partial charge >= 0.3 is 0 Å². The summed E-state index contributed by atoms with van der Waals surface area (Å²) < 4.78 is 0. The predicted octanol–water partition coefficient (Wildman–Crippen LogP) is 5.04. The number of carbonyl (C=O) groups excluding carboxylic acids is 1. The molecule has 0 saturated carbocycles. The van der Waals surface area contributed by atoms with Crippen LogP contribution in [0.1, 0.15) is 59.9 Å².